The van der Waals surface area contributed by atoms with Crippen molar-refractivity contribution in [2.24, 2.45) is 0 Å². The fourth-order valence-electron chi connectivity index (χ4n) is 2.72. The summed E-state index contributed by atoms with van der Waals surface area (Å²) in [5, 5.41) is 2.64. The van der Waals surface area contributed by atoms with Crippen LogP contribution in [0.3, 0.4) is 0 Å². The van der Waals surface area contributed by atoms with Crippen molar-refractivity contribution in [1.29, 1.82) is 0 Å². The summed E-state index contributed by atoms with van der Waals surface area (Å²) < 4.78 is 22.4. The Labute approximate surface area is 173 Å². The van der Waals surface area contributed by atoms with Crippen LogP contribution in [0.4, 0.5) is 10.1 Å². The third-order valence-corrected chi connectivity index (χ3v) is 4.06. The minimum Gasteiger partial charge on any atom is -0.465 e. The third-order valence-electron chi connectivity index (χ3n) is 4.06. The van der Waals surface area contributed by atoms with Crippen LogP contribution in [0, 0.1) is 18.2 Å². The zero-order valence-corrected chi connectivity index (χ0v) is 16.6. The van der Waals surface area contributed by atoms with Gasteiger partial charge in [0.2, 0.25) is 5.91 Å². The van der Waals surface area contributed by atoms with Gasteiger partial charge in [-0.3, -0.25) is 9.69 Å². The van der Waals surface area contributed by atoms with Gasteiger partial charge in [0, 0.05) is 12.2 Å². The fraction of sp³-hybridized carbons (Fsp3) is 0.227. The summed E-state index contributed by atoms with van der Waals surface area (Å²) in [4.78, 5) is 37.9. The average Bonchev–Trinajstić information content (AvgIpc) is 2.73. The van der Waals surface area contributed by atoms with E-state index in [0.29, 0.717) is 6.54 Å². The molecule has 2 rings (SSSR count). The van der Waals surface area contributed by atoms with Crippen LogP contribution in [0.15, 0.2) is 42.5 Å². The number of benzene rings is 2. The summed E-state index contributed by atoms with van der Waals surface area (Å²) in [6.07, 6.45) is 5.39. The monoisotopic (exact) mass is 412 g/mol. The van der Waals surface area contributed by atoms with Crippen LogP contribution >= 0.6 is 0 Å². The molecule has 30 heavy (non-hydrogen) atoms. The number of halogens is 1. The van der Waals surface area contributed by atoms with E-state index in [4.69, 9.17) is 6.42 Å². The first-order valence-corrected chi connectivity index (χ1v) is 8.88. The van der Waals surface area contributed by atoms with Crippen molar-refractivity contribution in [2.75, 3.05) is 32.6 Å². The van der Waals surface area contributed by atoms with Gasteiger partial charge in [0.05, 0.1) is 38.4 Å². The highest BCUT2D eigenvalue weighted by atomic mass is 19.1. The maximum atomic E-state index is 13.1. The molecule has 0 heterocycles. The molecule has 0 aliphatic carbocycles. The molecule has 0 unspecified atom stereocenters. The maximum Gasteiger partial charge on any atom is 0.337 e. The number of esters is 2. The molecule has 0 aliphatic rings. The molecule has 2 aromatic rings. The quantitative estimate of drug-likeness (QED) is 0.530. The first-order valence-electron chi connectivity index (χ1n) is 8.88. The van der Waals surface area contributed by atoms with Gasteiger partial charge in [-0.2, -0.15) is 0 Å². The zero-order valence-electron chi connectivity index (χ0n) is 16.6. The van der Waals surface area contributed by atoms with Crippen LogP contribution in [0.5, 0.6) is 0 Å². The van der Waals surface area contributed by atoms with Gasteiger partial charge in [-0.25, -0.2) is 14.0 Å². The molecule has 7 nitrogen and oxygen atoms in total. The molecule has 0 spiro atoms. The molecule has 8 heteroatoms. The zero-order chi connectivity index (χ0) is 22.1. The van der Waals surface area contributed by atoms with E-state index in [9.17, 15) is 18.8 Å². The lowest BCUT2D eigenvalue weighted by molar-refractivity contribution is -0.117. The van der Waals surface area contributed by atoms with Crippen molar-refractivity contribution < 1.29 is 28.2 Å². The predicted octanol–water partition coefficient (Wildman–Crippen LogP) is 2.47. The van der Waals surface area contributed by atoms with Gasteiger partial charge in [-0.1, -0.05) is 18.1 Å². The summed E-state index contributed by atoms with van der Waals surface area (Å²) in [6, 6.07) is 9.97. The van der Waals surface area contributed by atoms with E-state index in [1.165, 1.54) is 44.6 Å². The molecule has 1 amide bonds. The molecule has 156 valence electrons. The van der Waals surface area contributed by atoms with Gasteiger partial charge in [0.1, 0.15) is 5.82 Å². The molecule has 2 aromatic carbocycles. The van der Waals surface area contributed by atoms with E-state index in [2.05, 4.69) is 20.7 Å². The molecule has 0 atom stereocenters. The number of nitrogens with zero attached hydrogens (tertiary/aromatic N) is 1. The van der Waals surface area contributed by atoms with Gasteiger partial charge >= 0.3 is 11.9 Å². The summed E-state index contributed by atoms with van der Waals surface area (Å²) >= 11 is 0. The van der Waals surface area contributed by atoms with E-state index in [1.54, 1.807) is 17.0 Å². The third kappa shape index (κ3) is 6.43. The molecule has 0 saturated carbocycles. The highest BCUT2D eigenvalue weighted by Crippen LogP contribution is 2.17. The lowest BCUT2D eigenvalue weighted by atomic mass is 10.1. The van der Waals surface area contributed by atoms with E-state index >= 15 is 0 Å². The topological polar surface area (TPSA) is 84.9 Å². The number of carbonyl (C=O) groups is 3. The van der Waals surface area contributed by atoms with Crippen molar-refractivity contribution in [3.05, 3.63) is 65.0 Å². The van der Waals surface area contributed by atoms with Crippen LogP contribution in [0.25, 0.3) is 0 Å². The van der Waals surface area contributed by atoms with Crippen molar-refractivity contribution in [3.8, 4) is 12.3 Å². The van der Waals surface area contributed by atoms with Crippen molar-refractivity contribution in [3.63, 3.8) is 0 Å². The Morgan fingerprint density at radius 1 is 1.03 bits per heavy atom. The Hall–Kier alpha value is -3.70. The molecule has 0 bridgehead atoms. The lowest BCUT2D eigenvalue weighted by Gasteiger charge is -2.19. The summed E-state index contributed by atoms with van der Waals surface area (Å²) in [5.74, 6) is 0.384. The minimum atomic E-state index is -0.665. The van der Waals surface area contributed by atoms with Crippen LogP contribution in [0.2, 0.25) is 0 Å². The van der Waals surface area contributed by atoms with Gasteiger partial charge < -0.3 is 14.8 Å². The minimum absolute atomic E-state index is 0.0580. The predicted molar refractivity (Wildman–Crippen MR) is 108 cm³/mol. The van der Waals surface area contributed by atoms with E-state index in [1.807, 2.05) is 0 Å². The normalized spacial score (nSPS) is 10.2. The number of terminal acetylenes is 1. The Morgan fingerprint density at radius 2 is 1.60 bits per heavy atom. The average molecular weight is 412 g/mol. The Balaban J connectivity index is 2.15. The number of amides is 1. The number of rotatable bonds is 8. The molecule has 0 aromatic heterocycles. The van der Waals surface area contributed by atoms with Gasteiger partial charge in [0.25, 0.3) is 0 Å². The van der Waals surface area contributed by atoms with Crippen molar-refractivity contribution in [1.82, 2.24) is 4.90 Å². The largest absolute Gasteiger partial charge is 0.465 e. The van der Waals surface area contributed by atoms with E-state index in [-0.39, 0.29) is 35.7 Å². The second-order valence-corrected chi connectivity index (χ2v) is 6.31. The Morgan fingerprint density at radius 3 is 2.10 bits per heavy atom. The van der Waals surface area contributed by atoms with Gasteiger partial charge in [0.15, 0.2) is 0 Å². The van der Waals surface area contributed by atoms with Crippen molar-refractivity contribution in [2.45, 2.75) is 6.54 Å². The smallest absolute Gasteiger partial charge is 0.337 e. The van der Waals surface area contributed by atoms with E-state index in [0.717, 1.165) is 5.56 Å². The van der Waals surface area contributed by atoms with Gasteiger partial charge in [-0.05, 0) is 35.9 Å². The van der Waals surface area contributed by atoms with Crippen LogP contribution < -0.4 is 5.32 Å². The molecule has 1 N–H and O–H groups in total. The van der Waals surface area contributed by atoms with Crippen molar-refractivity contribution >= 4 is 23.5 Å². The molecule has 0 radical (unpaired) electrons. The number of carbonyl (C=O) groups excluding carboxylic acids is 3. The summed E-state index contributed by atoms with van der Waals surface area (Å²) in [6.45, 7) is 0.478. The fourth-order valence-corrected chi connectivity index (χ4v) is 2.72. The SMILES string of the molecule is C#CCN(CC(=O)Nc1cc(C(=O)OC)cc(C(=O)OC)c1)Cc1ccc(F)cc1. The molecular formula is C22H21FN2O5. The van der Waals surface area contributed by atoms with Crippen LogP contribution in [0.1, 0.15) is 26.3 Å². The maximum absolute atomic E-state index is 13.1. The summed E-state index contributed by atoms with van der Waals surface area (Å²) in [5.41, 5.74) is 1.19. The Bertz CT molecular complexity index is 932. The molecule has 0 saturated heterocycles. The number of hydrogen-bond acceptors (Lipinski definition) is 6. The standard InChI is InChI=1S/C22H21FN2O5/c1-4-9-25(13-15-5-7-18(23)8-6-15)14-20(26)24-19-11-16(21(27)29-2)10-17(12-19)22(28)30-3/h1,5-8,10-12H,9,13-14H2,2-3H3,(H,24,26). The van der Waals surface area contributed by atoms with Crippen LogP contribution in [-0.4, -0.2) is 50.1 Å². The summed E-state index contributed by atoms with van der Waals surface area (Å²) in [7, 11) is 2.41. The molecule has 0 fully saturated rings. The number of hydrogen-bond donors (Lipinski definition) is 1. The number of anilines is 1. The number of ether oxygens (including phenoxy) is 2. The Kier molecular flexibility index (Phi) is 8.08. The second kappa shape index (κ2) is 10.7. The first-order chi connectivity index (χ1) is 14.4. The molecule has 0 aliphatic heterocycles. The highest BCUT2D eigenvalue weighted by molar-refractivity contribution is 5.99. The number of methoxy groups -OCH3 is 2. The van der Waals surface area contributed by atoms with E-state index < -0.39 is 17.8 Å². The first kappa shape index (κ1) is 22.6. The second-order valence-electron chi connectivity index (χ2n) is 6.31. The van der Waals surface area contributed by atoms with Gasteiger partial charge in [-0.15, -0.1) is 6.42 Å². The highest BCUT2D eigenvalue weighted by Gasteiger charge is 2.16. The van der Waals surface area contributed by atoms with Crippen LogP contribution in [-0.2, 0) is 20.8 Å². The number of nitrogens with one attached hydrogen (secondary N) is 1. The molecular weight excluding hydrogens is 391 g/mol. The lowest BCUT2D eigenvalue weighted by Crippen LogP contribution is -2.33.